The average molecular weight is 287 g/mol. The van der Waals surface area contributed by atoms with Crippen LogP contribution in [0.3, 0.4) is 0 Å². The first kappa shape index (κ1) is 12.9. The molecule has 102 valence electrons. The zero-order valence-corrected chi connectivity index (χ0v) is 12.1. The van der Waals surface area contributed by atoms with Crippen molar-refractivity contribution in [3.63, 3.8) is 0 Å². The molecule has 0 radical (unpaired) electrons. The molecule has 0 spiro atoms. The topological polar surface area (TPSA) is 56.7 Å². The molecular weight excluding hydrogens is 272 g/mol. The van der Waals surface area contributed by atoms with E-state index in [0.717, 1.165) is 22.4 Å². The zero-order valence-electron chi connectivity index (χ0n) is 11.3. The molecule has 2 N–H and O–H groups in total. The predicted octanol–water partition coefficient (Wildman–Crippen LogP) is 3.91. The van der Waals surface area contributed by atoms with Crippen LogP contribution in [-0.2, 0) is 0 Å². The fourth-order valence-electron chi connectivity index (χ4n) is 2.38. The number of halogens is 1. The van der Waals surface area contributed by atoms with Gasteiger partial charge in [-0.15, -0.1) is 0 Å². The minimum absolute atomic E-state index is 0.269. The van der Waals surface area contributed by atoms with E-state index in [-0.39, 0.29) is 6.04 Å². The number of hydrogen-bond donors (Lipinski definition) is 1. The number of nitrogens with zero attached hydrogens (tertiary/aromatic N) is 3. The maximum absolute atomic E-state index is 6.32. The van der Waals surface area contributed by atoms with Crippen molar-refractivity contribution in [1.29, 1.82) is 0 Å². The van der Waals surface area contributed by atoms with E-state index in [2.05, 4.69) is 28.4 Å². The maximum Gasteiger partial charge on any atom is 0.142 e. The summed E-state index contributed by atoms with van der Waals surface area (Å²) in [6, 6.07) is 7.73. The number of hydrogen-bond acceptors (Lipinski definition) is 3. The van der Waals surface area contributed by atoms with Gasteiger partial charge in [0.1, 0.15) is 11.3 Å². The molecule has 2 aromatic heterocycles. The molecule has 0 aliphatic carbocycles. The monoisotopic (exact) mass is 286 g/mol. The second-order valence-corrected chi connectivity index (χ2v) is 5.41. The van der Waals surface area contributed by atoms with Crippen molar-refractivity contribution in [1.82, 2.24) is 14.5 Å². The Morgan fingerprint density at radius 1 is 1.25 bits per heavy atom. The number of fused-ring (bicyclic) bond motifs is 1. The zero-order chi connectivity index (χ0) is 14.3. The van der Waals surface area contributed by atoms with E-state index in [0.29, 0.717) is 10.7 Å². The second kappa shape index (κ2) is 4.80. The van der Waals surface area contributed by atoms with E-state index in [1.165, 1.54) is 0 Å². The maximum atomic E-state index is 6.32. The molecule has 0 saturated heterocycles. The molecule has 0 atom stereocenters. The van der Waals surface area contributed by atoms with Gasteiger partial charge in [-0.3, -0.25) is 4.98 Å². The van der Waals surface area contributed by atoms with Gasteiger partial charge in [-0.25, -0.2) is 4.98 Å². The first-order valence-corrected chi connectivity index (χ1v) is 6.83. The third kappa shape index (κ3) is 2.02. The molecule has 0 aliphatic heterocycles. The minimum Gasteiger partial charge on any atom is -0.399 e. The lowest BCUT2D eigenvalue weighted by Gasteiger charge is -2.14. The minimum atomic E-state index is 0.269. The summed E-state index contributed by atoms with van der Waals surface area (Å²) in [5, 5.41) is 0.607. The van der Waals surface area contributed by atoms with Crippen LogP contribution in [0, 0.1) is 0 Å². The highest BCUT2D eigenvalue weighted by Crippen LogP contribution is 2.33. The highest BCUT2D eigenvalue weighted by Gasteiger charge is 2.16. The largest absolute Gasteiger partial charge is 0.399 e. The summed E-state index contributed by atoms with van der Waals surface area (Å²) in [5.74, 6) is 0.841. The molecule has 4 nitrogen and oxygen atoms in total. The van der Waals surface area contributed by atoms with Crippen LogP contribution >= 0.6 is 11.6 Å². The SMILES string of the molecule is CC(C)n1c(-c2ccc(N)cc2Cl)nc2cnccc21. The van der Waals surface area contributed by atoms with Gasteiger partial charge in [0.25, 0.3) is 0 Å². The van der Waals surface area contributed by atoms with Crippen molar-refractivity contribution in [2.75, 3.05) is 5.73 Å². The molecule has 1 aromatic carbocycles. The predicted molar refractivity (Wildman–Crippen MR) is 82.8 cm³/mol. The van der Waals surface area contributed by atoms with Gasteiger partial charge in [-0.2, -0.15) is 0 Å². The summed E-state index contributed by atoms with van der Waals surface area (Å²) in [5.41, 5.74) is 9.20. The highest BCUT2D eigenvalue weighted by molar-refractivity contribution is 6.33. The number of aromatic nitrogens is 3. The molecule has 0 fully saturated rings. The van der Waals surface area contributed by atoms with Crippen molar-refractivity contribution in [2.45, 2.75) is 19.9 Å². The van der Waals surface area contributed by atoms with Crippen molar-refractivity contribution >= 4 is 28.3 Å². The summed E-state index contributed by atoms with van der Waals surface area (Å²) in [6.07, 6.45) is 3.54. The van der Waals surface area contributed by atoms with Crippen LogP contribution in [0.4, 0.5) is 5.69 Å². The standard InChI is InChI=1S/C15H15ClN4/c1-9(2)20-14-5-6-18-8-13(14)19-15(20)11-4-3-10(17)7-12(11)16/h3-9H,17H2,1-2H3. The van der Waals surface area contributed by atoms with Crippen molar-refractivity contribution in [3.8, 4) is 11.4 Å². The van der Waals surface area contributed by atoms with Crippen LogP contribution in [0.25, 0.3) is 22.4 Å². The lowest BCUT2D eigenvalue weighted by atomic mass is 10.2. The Morgan fingerprint density at radius 3 is 2.75 bits per heavy atom. The van der Waals surface area contributed by atoms with E-state index >= 15 is 0 Å². The van der Waals surface area contributed by atoms with Crippen molar-refractivity contribution in [3.05, 3.63) is 41.7 Å². The number of pyridine rings is 1. The third-order valence-corrected chi connectivity index (χ3v) is 3.55. The Morgan fingerprint density at radius 2 is 2.05 bits per heavy atom. The summed E-state index contributed by atoms with van der Waals surface area (Å²) in [4.78, 5) is 8.80. The number of anilines is 1. The second-order valence-electron chi connectivity index (χ2n) is 5.00. The molecule has 5 heteroatoms. The Kier molecular flexibility index (Phi) is 3.10. The van der Waals surface area contributed by atoms with Crippen molar-refractivity contribution < 1.29 is 0 Å². The fraction of sp³-hybridized carbons (Fsp3) is 0.200. The van der Waals surface area contributed by atoms with Gasteiger partial charge >= 0.3 is 0 Å². The number of imidazole rings is 1. The molecule has 3 aromatic rings. The van der Waals surface area contributed by atoms with E-state index in [4.69, 9.17) is 17.3 Å². The smallest absolute Gasteiger partial charge is 0.142 e. The molecule has 3 rings (SSSR count). The normalized spacial score (nSPS) is 11.4. The van der Waals surface area contributed by atoms with Gasteiger partial charge in [0.2, 0.25) is 0 Å². The lowest BCUT2D eigenvalue weighted by Crippen LogP contribution is -2.03. The van der Waals surface area contributed by atoms with Gasteiger partial charge in [0.15, 0.2) is 0 Å². The number of benzene rings is 1. The van der Waals surface area contributed by atoms with E-state index in [1.54, 1.807) is 18.5 Å². The van der Waals surface area contributed by atoms with Gasteiger partial charge in [-0.05, 0) is 38.1 Å². The first-order chi connectivity index (χ1) is 9.58. The number of nitrogens with two attached hydrogens (primary N) is 1. The van der Waals surface area contributed by atoms with E-state index in [1.807, 2.05) is 18.2 Å². The van der Waals surface area contributed by atoms with Gasteiger partial charge in [0.05, 0.1) is 16.7 Å². The molecule has 2 heterocycles. The van der Waals surface area contributed by atoms with Crippen LogP contribution in [0.15, 0.2) is 36.7 Å². The molecule has 0 saturated carbocycles. The van der Waals surface area contributed by atoms with Crippen LogP contribution in [-0.4, -0.2) is 14.5 Å². The summed E-state index contributed by atoms with van der Waals surface area (Å²) in [6.45, 7) is 4.24. The van der Waals surface area contributed by atoms with Crippen LogP contribution in [0.5, 0.6) is 0 Å². The Hall–Kier alpha value is -2.07. The fourth-order valence-corrected chi connectivity index (χ4v) is 2.65. The summed E-state index contributed by atoms with van der Waals surface area (Å²) >= 11 is 6.32. The van der Waals surface area contributed by atoms with Crippen LogP contribution in [0.1, 0.15) is 19.9 Å². The lowest BCUT2D eigenvalue weighted by molar-refractivity contribution is 0.624. The molecular formula is C15H15ClN4. The van der Waals surface area contributed by atoms with Crippen LogP contribution < -0.4 is 5.73 Å². The van der Waals surface area contributed by atoms with E-state index < -0.39 is 0 Å². The van der Waals surface area contributed by atoms with Crippen molar-refractivity contribution in [2.24, 2.45) is 0 Å². The summed E-state index contributed by atoms with van der Waals surface area (Å²) in [7, 11) is 0. The molecule has 0 aliphatic rings. The first-order valence-electron chi connectivity index (χ1n) is 6.45. The van der Waals surface area contributed by atoms with Gasteiger partial charge in [-0.1, -0.05) is 11.6 Å². The molecule has 0 bridgehead atoms. The van der Waals surface area contributed by atoms with E-state index in [9.17, 15) is 0 Å². The molecule has 0 amide bonds. The Bertz CT molecular complexity index is 777. The Balaban J connectivity index is 2.32. The number of nitrogen functional groups attached to an aromatic ring is 1. The summed E-state index contributed by atoms with van der Waals surface area (Å²) < 4.78 is 2.16. The van der Waals surface area contributed by atoms with Gasteiger partial charge < -0.3 is 10.3 Å². The number of rotatable bonds is 2. The molecule has 20 heavy (non-hydrogen) atoms. The highest BCUT2D eigenvalue weighted by atomic mass is 35.5. The third-order valence-electron chi connectivity index (χ3n) is 3.24. The van der Waals surface area contributed by atoms with Crippen LogP contribution in [0.2, 0.25) is 5.02 Å². The quantitative estimate of drug-likeness (QED) is 0.727. The van der Waals surface area contributed by atoms with Gasteiger partial charge in [0, 0.05) is 23.5 Å². The average Bonchev–Trinajstić information content (AvgIpc) is 2.77. The Labute approximate surface area is 122 Å². The molecule has 0 unspecified atom stereocenters.